The molecule has 0 radical (unpaired) electrons. The normalized spacial score (nSPS) is 11.7. The molecule has 0 saturated heterocycles. The fourth-order valence-electron chi connectivity index (χ4n) is 2.24. The van der Waals surface area contributed by atoms with Crippen LogP contribution in [0.15, 0.2) is 42.5 Å². The van der Waals surface area contributed by atoms with Gasteiger partial charge in [-0.05, 0) is 49.6 Å². The molecule has 2 aromatic rings. The first-order valence-corrected chi connectivity index (χ1v) is 7.66. The molecule has 2 rings (SSSR count). The Morgan fingerprint density at radius 3 is 2.50 bits per heavy atom. The molecule has 0 unspecified atom stereocenters. The van der Waals surface area contributed by atoms with E-state index in [1.807, 2.05) is 39.0 Å². The van der Waals surface area contributed by atoms with Gasteiger partial charge in [-0.3, -0.25) is 4.79 Å². The first-order valence-electron chi connectivity index (χ1n) is 7.66. The van der Waals surface area contributed by atoms with Gasteiger partial charge in [-0.15, -0.1) is 0 Å². The van der Waals surface area contributed by atoms with Crippen LogP contribution in [0.2, 0.25) is 0 Å². The molecule has 0 spiro atoms. The fourth-order valence-corrected chi connectivity index (χ4v) is 2.24. The lowest BCUT2D eigenvalue weighted by atomic mass is 10.0. The Hall–Kier alpha value is -2.69. The minimum absolute atomic E-state index is 0.187. The van der Waals surface area contributed by atoms with Gasteiger partial charge in [-0.1, -0.05) is 30.3 Å². The number of carbonyl (C=O) groups is 2. The average Bonchev–Trinajstić information content (AvgIpc) is 2.55. The summed E-state index contributed by atoms with van der Waals surface area (Å²) in [5, 5.41) is 2.75. The van der Waals surface area contributed by atoms with Crippen LogP contribution in [-0.2, 0) is 9.53 Å². The molecule has 5 heteroatoms. The molecule has 0 aliphatic carbocycles. The lowest BCUT2D eigenvalue weighted by Crippen LogP contribution is -2.31. The van der Waals surface area contributed by atoms with Crippen molar-refractivity contribution in [1.29, 1.82) is 0 Å². The summed E-state index contributed by atoms with van der Waals surface area (Å²) >= 11 is 0. The maximum atomic E-state index is 13.5. The van der Waals surface area contributed by atoms with E-state index in [2.05, 4.69) is 5.32 Å². The van der Waals surface area contributed by atoms with Crippen molar-refractivity contribution in [1.82, 2.24) is 5.32 Å². The molecule has 1 amide bonds. The molecule has 1 N–H and O–H groups in total. The van der Waals surface area contributed by atoms with E-state index in [4.69, 9.17) is 4.74 Å². The molecule has 0 aromatic heterocycles. The van der Waals surface area contributed by atoms with E-state index in [0.29, 0.717) is 0 Å². The summed E-state index contributed by atoms with van der Waals surface area (Å²) in [6.07, 6.45) is 0. The maximum absolute atomic E-state index is 13.5. The monoisotopic (exact) mass is 329 g/mol. The van der Waals surface area contributed by atoms with Gasteiger partial charge in [0.05, 0.1) is 11.6 Å². The molecule has 0 aliphatic heterocycles. The molecular weight excluding hydrogens is 309 g/mol. The van der Waals surface area contributed by atoms with Gasteiger partial charge in [-0.25, -0.2) is 9.18 Å². The molecule has 24 heavy (non-hydrogen) atoms. The number of rotatable bonds is 5. The summed E-state index contributed by atoms with van der Waals surface area (Å²) in [5.41, 5.74) is 3.09. The third kappa shape index (κ3) is 4.41. The number of aryl methyl sites for hydroxylation is 2. The van der Waals surface area contributed by atoms with E-state index in [1.165, 1.54) is 29.8 Å². The van der Waals surface area contributed by atoms with Crippen LogP contribution in [0.3, 0.4) is 0 Å². The minimum Gasteiger partial charge on any atom is -0.452 e. The van der Waals surface area contributed by atoms with Crippen LogP contribution < -0.4 is 5.32 Å². The molecule has 0 saturated carbocycles. The first-order chi connectivity index (χ1) is 11.4. The highest BCUT2D eigenvalue weighted by molar-refractivity contribution is 5.91. The molecule has 0 heterocycles. The summed E-state index contributed by atoms with van der Waals surface area (Å²) < 4.78 is 18.3. The molecule has 1 atom stereocenters. The van der Waals surface area contributed by atoms with Crippen LogP contribution in [0, 0.1) is 19.7 Å². The quantitative estimate of drug-likeness (QED) is 0.855. The SMILES string of the molecule is Cc1ccc([C@H](C)NC(=O)COC(=O)c2ccccc2F)cc1C. The number of benzene rings is 2. The van der Waals surface area contributed by atoms with Crippen molar-refractivity contribution in [2.24, 2.45) is 0 Å². The van der Waals surface area contributed by atoms with Gasteiger partial charge in [0, 0.05) is 0 Å². The van der Waals surface area contributed by atoms with E-state index < -0.39 is 24.3 Å². The molecule has 4 nitrogen and oxygen atoms in total. The van der Waals surface area contributed by atoms with Gasteiger partial charge >= 0.3 is 5.97 Å². The van der Waals surface area contributed by atoms with Crippen LogP contribution in [0.25, 0.3) is 0 Å². The highest BCUT2D eigenvalue weighted by Crippen LogP contribution is 2.16. The predicted molar refractivity (Wildman–Crippen MR) is 89.2 cm³/mol. The molecule has 2 aromatic carbocycles. The lowest BCUT2D eigenvalue weighted by Gasteiger charge is -2.15. The number of esters is 1. The number of hydrogen-bond acceptors (Lipinski definition) is 3. The van der Waals surface area contributed by atoms with Gasteiger partial charge < -0.3 is 10.1 Å². The number of ether oxygens (including phenoxy) is 1. The van der Waals surface area contributed by atoms with E-state index in [0.717, 1.165) is 11.1 Å². The zero-order valence-corrected chi connectivity index (χ0v) is 13.9. The molecular formula is C19H20FNO3. The van der Waals surface area contributed by atoms with Crippen LogP contribution >= 0.6 is 0 Å². The number of carbonyl (C=O) groups excluding carboxylic acids is 2. The molecule has 126 valence electrons. The number of nitrogens with one attached hydrogen (secondary N) is 1. The Bertz CT molecular complexity index is 758. The van der Waals surface area contributed by atoms with Gasteiger partial charge in [0.15, 0.2) is 6.61 Å². The van der Waals surface area contributed by atoms with Gasteiger partial charge in [-0.2, -0.15) is 0 Å². The fraction of sp³-hybridized carbons (Fsp3) is 0.263. The Labute approximate surface area is 140 Å². The highest BCUT2D eigenvalue weighted by atomic mass is 19.1. The van der Waals surface area contributed by atoms with E-state index in [9.17, 15) is 14.0 Å². The molecule has 0 bridgehead atoms. The zero-order valence-electron chi connectivity index (χ0n) is 13.9. The summed E-state index contributed by atoms with van der Waals surface area (Å²) in [4.78, 5) is 23.7. The summed E-state index contributed by atoms with van der Waals surface area (Å²) in [6.45, 7) is 5.41. The maximum Gasteiger partial charge on any atom is 0.341 e. The van der Waals surface area contributed by atoms with Crippen LogP contribution in [0.1, 0.15) is 40.0 Å². The second-order valence-corrected chi connectivity index (χ2v) is 5.69. The van der Waals surface area contributed by atoms with Crippen molar-refractivity contribution in [3.63, 3.8) is 0 Å². The van der Waals surface area contributed by atoms with E-state index >= 15 is 0 Å². The van der Waals surface area contributed by atoms with Crippen molar-refractivity contribution < 1.29 is 18.7 Å². The number of amides is 1. The van der Waals surface area contributed by atoms with Crippen molar-refractivity contribution in [3.05, 3.63) is 70.5 Å². The second-order valence-electron chi connectivity index (χ2n) is 5.69. The van der Waals surface area contributed by atoms with E-state index in [1.54, 1.807) is 0 Å². The lowest BCUT2D eigenvalue weighted by molar-refractivity contribution is -0.124. The standard InChI is InChI=1S/C19H20FNO3/c1-12-8-9-15(10-13(12)2)14(3)21-18(22)11-24-19(23)16-6-4-5-7-17(16)20/h4-10,14H,11H2,1-3H3,(H,21,22)/t14-/m0/s1. The third-order valence-corrected chi connectivity index (χ3v) is 3.84. The zero-order chi connectivity index (χ0) is 17.7. The van der Waals surface area contributed by atoms with Crippen LogP contribution in [0.4, 0.5) is 4.39 Å². The number of hydrogen-bond donors (Lipinski definition) is 1. The van der Waals surface area contributed by atoms with Gasteiger partial charge in [0.1, 0.15) is 5.82 Å². The van der Waals surface area contributed by atoms with Crippen molar-refractivity contribution in [2.45, 2.75) is 26.8 Å². The third-order valence-electron chi connectivity index (χ3n) is 3.84. The Balaban J connectivity index is 1.90. The summed E-state index contributed by atoms with van der Waals surface area (Å²) in [7, 11) is 0. The molecule has 0 fully saturated rings. The van der Waals surface area contributed by atoms with Crippen LogP contribution in [0.5, 0.6) is 0 Å². The smallest absolute Gasteiger partial charge is 0.341 e. The topological polar surface area (TPSA) is 55.4 Å². The average molecular weight is 329 g/mol. The predicted octanol–water partition coefficient (Wildman–Crippen LogP) is 3.48. The Morgan fingerprint density at radius 1 is 1.12 bits per heavy atom. The van der Waals surface area contributed by atoms with Crippen LogP contribution in [-0.4, -0.2) is 18.5 Å². The minimum atomic E-state index is -0.859. The highest BCUT2D eigenvalue weighted by Gasteiger charge is 2.15. The summed E-state index contributed by atoms with van der Waals surface area (Å²) in [5.74, 6) is -1.97. The van der Waals surface area contributed by atoms with Crippen molar-refractivity contribution in [2.75, 3.05) is 6.61 Å². The van der Waals surface area contributed by atoms with Crippen molar-refractivity contribution in [3.8, 4) is 0 Å². The van der Waals surface area contributed by atoms with E-state index in [-0.39, 0.29) is 11.6 Å². The molecule has 0 aliphatic rings. The largest absolute Gasteiger partial charge is 0.452 e. The second kappa shape index (κ2) is 7.73. The Kier molecular flexibility index (Phi) is 5.68. The first kappa shape index (κ1) is 17.7. The Morgan fingerprint density at radius 2 is 1.83 bits per heavy atom. The van der Waals surface area contributed by atoms with Gasteiger partial charge in [0.2, 0.25) is 0 Å². The number of halogens is 1. The van der Waals surface area contributed by atoms with Gasteiger partial charge in [0.25, 0.3) is 5.91 Å². The summed E-state index contributed by atoms with van der Waals surface area (Å²) in [6, 6.07) is 11.2. The van der Waals surface area contributed by atoms with Crippen molar-refractivity contribution >= 4 is 11.9 Å².